The third kappa shape index (κ3) is 5.92. The van der Waals surface area contributed by atoms with Crippen LogP contribution in [0.25, 0.3) is 22.3 Å². The molecule has 200 valence electrons. The summed E-state index contributed by atoms with van der Waals surface area (Å²) in [6, 6.07) is 25.3. The molecule has 5 aromatic rings. The standard InChI is InChI=1S/C30H22BrFN4O4/c1-39-26-14-20(24(31)16-27(26)40-18-28(37)34-22-11-7-10-21(32)15-22)17-33-36-29(19-8-3-2-4-9-19)35-25-13-6-5-12-23(25)30(36)38/h2-17H,18H2,1H3,(H,34,37). The van der Waals surface area contributed by atoms with E-state index in [0.29, 0.717) is 43.9 Å². The Morgan fingerprint density at radius 3 is 2.58 bits per heavy atom. The van der Waals surface area contributed by atoms with Gasteiger partial charge >= 0.3 is 0 Å². The summed E-state index contributed by atoms with van der Waals surface area (Å²) < 4.78 is 26.4. The molecule has 0 aliphatic rings. The first-order chi connectivity index (χ1) is 19.4. The van der Waals surface area contributed by atoms with E-state index in [-0.39, 0.29) is 12.2 Å². The fourth-order valence-electron chi connectivity index (χ4n) is 3.95. The smallest absolute Gasteiger partial charge is 0.282 e. The van der Waals surface area contributed by atoms with Crippen LogP contribution in [0, 0.1) is 5.82 Å². The lowest BCUT2D eigenvalue weighted by Crippen LogP contribution is -2.20. The molecule has 0 spiro atoms. The number of carbonyl (C=O) groups is 1. The van der Waals surface area contributed by atoms with E-state index < -0.39 is 11.7 Å². The number of aromatic nitrogens is 2. The zero-order chi connectivity index (χ0) is 28.1. The molecule has 0 radical (unpaired) electrons. The average Bonchev–Trinajstić information content (AvgIpc) is 2.96. The summed E-state index contributed by atoms with van der Waals surface area (Å²) in [5.41, 5.74) is 1.91. The fourth-order valence-corrected chi connectivity index (χ4v) is 4.38. The van der Waals surface area contributed by atoms with E-state index in [1.807, 2.05) is 36.4 Å². The van der Waals surface area contributed by atoms with Gasteiger partial charge in [-0.25, -0.2) is 9.37 Å². The molecule has 1 N–H and O–H groups in total. The van der Waals surface area contributed by atoms with Crippen molar-refractivity contribution in [2.75, 3.05) is 19.0 Å². The molecule has 1 heterocycles. The Labute approximate surface area is 236 Å². The van der Waals surface area contributed by atoms with E-state index in [4.69, 9.17) is 14.5 Å². The van der Waals surface area contributed by atoms with Gasteiger partial charge in [0.1, 0.15) is 5.82 Å². The number of amides is 1. The van der Waals surface area contributed by atoms with Gasteiger partial charge in [-0.3, -0.25) is 9.59 Å². The maximum absolute atomic E-state index is 13.4. The van der Waals surface area contributed by atoms with Gasteiger partial charge in [-0.15, -0.1) is 0 Å². The normalized spacial score (nSPS) is 11.1. The molecule has 8 nitrogen and oxygen atoms in total. The second-order valence-corrected chi connectivity index (χ2v) is 9.41. The van der Waals surface area contributed by atoms with Gasteiger partial charge in [0, 0.05) is 21.3 Å². The monoisotopic (exact) mass is 600 g/mol. The maximum atomic E-state index is 13.4. The van der Waals surface area contributed by atoms with Crippen molar-refractivity contribution in [2.24, 2.45) is 5.10 Å². The number of nitrogens with one attached hydrogen (secondary N) is 1. The van der Waals surface area contributed by atoms with Gasteiger partial charge in [-0.05, 0) is 58.4 Å². The highest BCUT2D eigenvalue weighted by atomic mass is 79.9. The SMILES string of the molecule is COc1cc(C=Nn2c(-c3ccccc3)nc3ccccc3c2=O)c(Br)cc1OCC(=O)Nc1cccc(F)c1. The van der Waals surface area contributed by atoms with E-state index >= 15 is 0 Å². The van der Waals surface area contributed by atoms with Crippen molar-refractivity contribution in [3.63, 3.8) is 0 Å². The molecule has 1 aromatic heterocycles. The molecule has 0 saturated carbocycles. The van der Waals surface area contributed by atoms with Crippen LogP contribution >= 0.6 is 15.9 Å². The van der Waals surface area contributed by atoms with Gasteiger partial charge < -0.3 is 14.8 Å². The van der Waals surface area contributed by atoms with Crippen molar-refractivity contribution >= 4 is 44.6 Å². The van der Waals surface area contributed by atoms with E-state index in [1.54, 1.807) is 36.4 Å². The number of nitrogens with zero attached hydrogens (tertiary/aromatic N) is 3. The predicted molar refractivity (Wildman–Crippen MR) is 156 cm³/mol. The minimum Gasteiger partial charge on any atom is -0.493 e. The Hall–Kier alpha value is -4.83. The van der Waals surface area contributed by atoms with Crippen LogP contribution in [-0.2, 0) is 4.79 Å². The van der Waals surface area contributed by atoms with Crippen LogP contribution in [-0.4, -0.2) is 35.5 Å². The first-order valence-electron chi connectivity index (χ1n) is 12.1. The summed E-state index contributed by atoms with van der Waals surface area (Å²) in [5.74, 6) is 0.115. The van der Waals surface area contributed by atoms with Crippen molar-refractivity contribution < 1.29 is 18.7 Å². The van der Waals surface area contributed by atoms with Gasteiger partial charge in [0.25, 0.3) is 11.5 Å². The van der Waals surface area contributed by atoms with Gasteiger partial charge in [0.05, 0.1) is 24.2 Å². The highest BCUT2D eigenvalue weighted by Gasteiger charge is 2.14. The van der Waals surface area contributed by atoms with Gasteiger partial charge in [0.15, 0.2) is 23.9 Å². The molecule has 0 bridgehead atoms. The Kier molecular flexibility index (Phi) is 7.97. The van der Waals surface area contributed by atoms with E-state index in [9.17, 15) is 14.0 Å². The number of anilines is 1. The Bertz CT molecular complexity index is 1790. The first-order valence-corrected chi connectivity index (χ1v) is 12.9. The largest absolute Gasteiger partial charge is 0.493 e. The van der Waals surface area contributed by atoms with Crippen LogP contribution in [0.1, 0.15) is 5.56 Å². The quantitative estimate of drug-likeness (QED) is 0.225. The van der Waals surface area contributed by atoms with Crippen molar-refractivity contribution in [1.29, 1.82) is 0 Å². The second kappa shape index (κ2) is 11.9. The highest BCUT2D eigenvalue weighted by Crippen LogP contribution is 2.33. The summed E-state index contributed by atoms with van der Waals surface area (Å²) in [7, 11) is 1.47. The number of hydrogen-bond donors (Lipinski definition) is 1. The molecule has 0 fully saturated rings. The van der Waals surface area contributed by atoms with Crippen LogP contribution in [0.4, 0.5) is 10.1 Å². The molecule has 1 amide bonds. The molecule has 10 heteroatoms. The minimum atomic E-state index is -0.467. The molecule has 0 saturated heterocycles. The van der Waals surface area contributed by atoms with E-state index in [2.05, 4.69) is 26.3 Å². The molecule has 0 aliphatic carbocycles. The van der Waals surface area contributed by atoms with Crippen LogP contribution in [0.5, 0.6) is 11.5 Å². The summed E-state index contributed by atoms with van der Waals surface area (Å²) in [5, 5.41) is 7.51. The number of benzene rings is 4. The Balaban J connectivity index is 1.43. The Morgan fingerprint density at radius 1 is 1.02 bits per heavy atom. The molecule has 4 aromatic carbocycles. The number of para-hydroxylation sites is 1. The van der Waals surface area contributed by atoms with E-state index in [1.165, 1.54) is 36.2 Å². The van der Waals surface area contributed by atoms with Crippen molar-refractivity contribution in [2.45, 2.75) is 0 Å². The second-order valence-electron chi connectivity index (χ2n) is 8.55. The van der Waals surface area contributed by atoms with Crippen molar-refractivity contribution in [3.8, 4) is 22.9 Å². The first kappa shape index (κ1) is 26.8. The van der Waals surface area contributed by atoms with Gasteiger partial charge in [0.2, 0.25) is 0 Å². The topological polar surface area (TPSA) is 94.8 Å². The van der Waals surface area contributed by atoms with Crippen molar-refractivity contribution in [3.05, 3.63) is 117 Å². The molecule has 0 atom stereocenters. The zero-order valence-electron chi connectivity index (χ0n) is 21.2. The molecular formula is C30H22BrFN4O4. The third-order valence-corrected chi connectivity index (χ3v) is 6.53. The molecular weight excluding hydrogens is 579 g/mol. The number of methoxy groups -OCH3 is 1. The number of fused-ring (bicyclic) bond motifs is 1. The lowest BCUT2D eigenvalue weighted by Gasteiger charge is -2.13. The van der Waals surface area contributed by atoms with Gasteiger partial charge in [-0.2, -0.15) is 9.78 Å². The summed E-state index contributed by atoms with van der Waals surface area (Å²) in [6.45, 7) is -0.328. The summed E-state index contributed by atoms with van der Waals surface area (Å²) in [4.78, 5) is 30.4. The molecule has 5 rings (SSSR count). The Morgan fingerprint density at radius 2 is 1.80 bits per heavy atom. The average molecular weight is 601 g/mol. The van der Waals surface area contributed by atoms with Crippen LogP contribution in [0.15, 0.2) is 105 Å². The number of halogens is 2. The molecule has 40 heavy (non-hydrogen) atoms. The van der Waals surface area contributed by atoms with Gasteiger partial charge in [-0.1, -0.05) is 48.5 Å². The number of carbonyl (C=O) groups excluding carboxylic acids is 1. The van der Waals surface area contributed by atoms with Crippen LogP contribution in [0.3, 0.4) is 0 Å². The predicted octanol–water partition coefficient (Wildman–Crippen LogP) is 5.87. The summed E-state index contributed by atoms with van der Waals surface area (Å²) in [6.07, 6.45) is 1.51. The lowest BCUT2D eigenvalue weighted by molar-refractivity contribution is -0.118. The third-order valence-electron chi connectivity index (χ3n) is 5.85. The fraction of sp³-hybridized carbons (Fsp3) is 0.0667. The van der Waals surface area contributed by atoms with Crippen molar-refractivity contribution in [1.82, 2.24) is 9.66 Å². The number of hydrogen-bond acceptors (Lipinski definition) is 6. The number of rotatable bonds is 8. The molecule has 0 aliphatic heterocycles. The van der Waals surface area contributed by atoms with Crippen LogP contribution in [0.2, 0.25) is 0 Å². The molecule has 0 unspecified atom stereocenters. The minimum absolute atomic E-state index is 0.301. The lowest BCUT2D eigenvalue weighted by atomic mass is 10.2. The maximum Gasteiger partial charge on any atom is 0.282 e. The van der Waals surface area contributed by atoms with E-state index in [0.717, 1.165) is 5.56 Å². The zero-order valence-corrected chi connectivity index (χ0v) is 22.8. The number of ether oxygens (including phenoxy) is 2. The summed E-state index contributed by atoms with van der Waals surface area (Å²) >= 11 is 3.50. The highest BCUT2D eigenvalue weighted by molar-refractivity contribution is 9.10. The van der Waals surface area contributed by atoms with Crippen LogP contribution < -0.4 is 20.3 Å².